The van der Waals surface area contributed by atoms with Gasteiger partial charge in [0.1, 0.15) is 0 Å². The van der Waals surface area contributed by atoms with Crippen molar-refractivity contribution in [2.45, 2.75) is 85.5 Å². The minimum absolute atomic E-state index is 1.04. The zero-order valence-electron chi connectivity index (χ0n) is 17.3. The van der Waals surface area contributed by atoms with Gasteiger partial charge in [-0.15, -0.1) is 0 Å². The third-order valence-electron chi connectivity index (χ3n) is 4.58. The van der Waals surface area contributed by atoms with Crippen LogP contribution in [0.25, 0.3) is 0 Å². The number of nitrogens with one attached hydrogen (secondary N) is 1. The Labute approximate surface area is 162 Å². The summed E-state index contributed by atoms with van der Waals surface area (Å²) in [5, 5.41) is 3.27. The molecule has 0 radical (unpaired) electrons. The lowest BCUT2D eigenvalue weighted by atomic mass is 10.0. The quantitative estimate of drug-likeness (QED) is 0.287. The molecule has 0 aliphatic carbocycles. The molecule has 1 N–H and O–H groups in total. The molecule has 1 rings (SSSR count). The van der Waals surface area contributed by atoms with E-state index in [4.69, 9.17) is 0 Å². The highest BCUT2D eigenvalue weighted by molar-refractivity contribution is 5.40. The fourth-order valence-electron chi connectivity index (χ4n) is 2.77. The van der Waals surface area contributed by atoms with Crippen LogP contribution in [0.2, 0.25) is 0 Å². The summed E-state index contributed by atoms with van der Waals surface area (Å²) >= 11 is 0. The van der Waals surface area contributed by atoms with Crippen LogP contribution in [0.5, 0.6) is 0 Å². The van der Waals surface area contributed by atoms with Crippen LogP contribution in [0.3, 0.4) is 0 Å². The summed E-state index contributed by atoms with van der Waals surface area (Å²) in [6.07, 6.45) is 23.9. The molecule has 0 amide bonds. The maximum absolute atomic E-state index is 3.38. The first-order valence-corrected chi connectivity index (χ1v) is 10.3. The van der Waals surface area contributed by atoms with E-state index >= 15 is 0 Å². The van der Waals surface area contributed by atoms with Crippen LogP contribution in [0, 0.1) is 11.8 Å². The molecule has 0 aromatic heterocycles. The molecule has 0 unspecified atom stereocenters. The molecule has 0 fully saturated rings. The number of rotatable bonds is 7. The minimum atomic E-state index is 1.04. The van der Waals surface area contributed by atoms with Gasteiger partial charge in [-0.05, 0) is 76.3 Å². The Morgan fingerprint density at radius 3 is 2.77 bits per heavy atom. The zero-order chi connectivity index (χ0) is 19.0. The maximum atomic E-state index is 3.38. The summed E-state index contributed by atoms with van der Waals surface area (Å²) in [5.74, 6) is 6.71. The Hall–Kier alpha value is -1.94. The molecule has 0 atom stereocenters. The summed E-state index contributed by atoms with van der Waals surface area (Å²) in [5.41, 5.74) is 5.04. The first-order chi connectivity index (χ1) is 12.7. The Kier molecular flexibility index (Phi) is 12.1. The number of hydrogen-bond donors (Lipinski definition) is 1. The van der Waals surface area contributed by atoms with Gasteiger partial charge in [0.05, 0.1) is 0 Å². The monoisotopic (exact) mass is 351 g/mol. The third-order valence-corrected chi connectivity index (χ3v) is 4.58. The number of hydrogen-bond acceptors (Lipinski definition) is 1. The summed E-state index contributed by atoms with van der Waals surface area (Å²) in [7, 11) is 0. The molecule has 0 bridgehead atoms. The SMILES string of the molecule is CCCCCC/C(=C/C=C(\C)C#C/C1=C/C=C(/C)N/C=C\CCC1)CC. The van der Waals surface area contributed by atoms with E-state index in [0.29, 0.717) is 0 Å². The highest BCUT2D eigenvalue weighted by atomic mass is 14.8. The van der Waals surface area contributed by atoms with E-state index in [1.54, 1.807) is 0 Å². The molecular weight excluding hydrogens is 314 g/mol. The van der Waals surface area contributed by atoms with Crippen LogP contribution < -0.4 is 5.32 Å². The fraction of sp³-hybridized carbons (Fsp3) is 0.520. The van der Waals surface area contributed by atoms with Crippen LogP contribution in [-0.2, 0) is 0 Å². The Morgan fingerprint density at radius 2 is 2.00 bits per heavy atom. The van der Waals surface area contributed by atoms with Crippen LogP contribution in [0.15, 0.2) is 59.0 Å². The smallest absolute Gasteiger partial charge is 0.0115 e. The molecule has 0 aromatic carbocycles. The Morgan fingerprint density at radius 1 is 1.15 bits per heavy atom. The average Bonchev–Trinajstić information content (AvgIpc) is 2.65. The molecule has 0 saturated heterocycles. The average molecular weight is 352 g/mol. The lowest BCUT2D eigenvalue weighted by molar-refractivity contribution is 0.658. The van der Waals surface area contributed by atoms with Crippen molar-refractivity contribution in [2.24, 2.45) is 0 Å². The van der Waals surface area contributed by atoms with E-state index in [2.05, 4.69) is 75.2 Å². The predicted octanol–water partition coefficient (Wildman–Crippen LogP) is 7.36. The van der Waals surface area contributed by atoms with Crippen LogP contribution >= 0.6 is 0 Å². The molecule has 142 valence electrons. The van der Waals surface area contributed by atoms with Crippen molar-refractivity contribution in [3.05, 3.63) is 59.0 Å². The normalized spacial score (nSPS) is 21.4. The van der Waals surface area contributed by atoms with Crippen LogP contribution in [0.1, 0.15) is 85.5 Å². The fourth-order valence-corrected chi connectivity index (χ4v) is 2.77. The van der Waals surface area contributed by atoms with Gasteiger partial charge < -0.3 is 5.32 Å². The third kappa shape index (κ3) is 10.8. The molecule has 0 aromatic rings. The summed E-state index contributed by atoms with van der Waals surface area (Å²) in [6.45, 7) is 8.71. The van der Waals surface area contributed by atoms with E-state index in [9.17, 15) is 0 Å². The standard InChI is InChI=1S/C25H37N/c1-5-7-8-10-13-24(6-2)18-15-22(3)16-19-25-14-11-9-12-21-26-23(4)17-20-25/h12,15,17-18,20-21,26H,5-11,13-14H2,1-4H3/b21-12-,22-15+,23-17-,24-18+,25-20+. The van der Waals surface area contributed by atoms with Crippen LogP contribution in [0.4, 0.5) is 0 Å². The molecule has 0 saturated carbocycles. The lowest BCUT2D eigenvalue weighted by Crippen LogP contribution is -2.00. The van der Waals surface area contributed by atoms with Gasteiger partial charge in [0.15, 0.2) is 0 Å². The van der Waals surface area contributed by atoms with E-state index in [1.807, 2.05) is 6.20 Å². The van der Waals surface area contributed by atoms with Gasteiger partial charge in [0.25, 0.3) is 0 Å². The predicted molar refractivity (Wildman–Crippen MR) is 117 cm³/mol. The van der Waals surface area contributed by atoms with Crippen molar-refractivity contribution < 1.29 is 0 Å². The van der Waals surface area contributed by atoms with Gasteiger partial charge in [0.2, 0.25) is 0 Å². The van der Waals surface area contributed by atoms with Crippen molar-refractivity contribution in [2.75, 3.05) is 0 Å². The number of allylic oxidation sites excluding steroid dienone is 9. The highest BCUT2D eigenvalue weighted by Crippen LogP contribution is 2.14. The molecule has 1 nitrogen and oxygen atoms in total. The first kappa shape index (κ1) is 22.1. The molecular formula is C25H37N. The van der Waals surface area contributed by atoms with E-state index in [0.717, 1.165) is 37.0 Å². The number of unbranched alkanes of at least 4 members (excludes halogenated alkanes) is 3. The van der Waals surface area contributed by atoms with Crippen molar-refractivity contribution in [3.8, 4) is 11.8 Å². The minimum Gasteiger partial charge on any atom is -0.366 e. The van der Waals surface area contributed by atoms with Gasteiger partial charge in [-0.3, -0.25) is 0 Å². The van der Waals surface area contributed by atoms with E-state index in [1.165, 1.54) is 43.3 Å². The summed E-state index contributed by atoms with van der Waals surface area (Å²) in [6, 6.07) is 0. The highest BCUT2D eigenvalue weighted by Gasteiger charge is 1.96. The topological polar surface area (TPSA) is 12.0 Å². The second-order valence-corrected chi connectivity index (χ2v) is 7.07. The summed E-state index contributed by atoms with van der Waals surface area (Å²) < 4.78 is 0. The van der Waals surface area contributed by atoms with Gasteiger partial charge >= 0.3 is 0 Å². The molecule has 1 heterocycles. The van der Waals surface area contributed by atoms with Crippen molar-refractivity contribution in [3.63, 3.8) is 0 Å². The summed E-state index contributed by atoms with van der Waals surface area (Å²) in [4.78, 5) is 0. The Bertz CT molecular complexity index is 614. The van der Waals surface area contributed by atoms with Crippen molar-refractivity contribution in [1.29, 1.82) is 0 Å². The first-order valence-electron chi connectivity index (χ1n) is 10.3. The molecule has 0 spiro atoms. The molecule has 26 heavy (non-hydrogen) atoms. The van der Waals surface area contributed by atoms with E-state index < -0.39 is 0 Å². The second-order valence-electron chi connectivity index (χ2n) is 7.07. The maximum Gasteiger partial charge on any atom is 0.0115 e. The zero-order valence-corrected chi connectivity index (χ0v) is 17.3. The molecule has 1 aliphatic rings. The van der Waals surface area contributed by atoms with Gasteiger partial charge in [-0.25, -0.2) is 0 Å². The van der Waals surface area contributed by atoms with Crippen LogP contribution in [-0.4, -0.2) is 0 Å². The second kappa shape index (κ2) is 14.3. The van der Waals surface area contributed by atoms with Gasteiger partial charge in [-0.1, -0.05) is 68.8 Å². The largest absolute Gasteiger partial charge is 0.366 e. The van der Waals surface area contributed by atoms with Crippen molar-refractivity contribution in [1.82, 2.24) is 5.32 Å². The van der Waals surface area contributed by atoms with Crippen molar-refractivity contribution >= 4 is 0 Å². The van der Waals surface area contributed by atoms with Gasteiger partial charge in [0, 0.05) is 11.3 Å². The lowest BCUT2D eigenvalue weighted by Gasteiger charge is -2.03. The molecule has 1 heteroatoms. The van der Waals surface area contributed by atoms with Gasteiger partial charge in [-0.2, -0.15) is 0 Å². The Balaban J connectivity index is 2.70. The molecule has 1 aliphatic heterocycles. The van der Waals surface area contributed by atoms with E-state index in [-0.39, 0.29) is 0 Å².